The third kappa shape index (κ3) is 7.11. The van der Waals surface area contributed by atoms with Crippen LogP contribution in [0.3, 0.4) is 0 Å². The average Bonchev–Trinajstić information content (AvgIpc) is 2.02. The topological polar surface area (TPSA) is 17.1 Å². The Kier molecular flexibility index (Phi) is 6.86. The number of Topliss-reactive ketones (excluding diaryl/α,β-unsaturated/α-hetero) is 1. The van der Waals surface area contributed by atoms with Crippen LogP contribution in [0.1, 0.15) is 60.3 Å². The van der Waals surface area contributed by atoms with E-state index in [-0.39, 0.29) is 0 Å². The molecule has 0 aliphatic carbocycles. The Morgan fingerprint density at radius 2 is 1.21 bits per heavy atom. The normalized spacial score (nSPS) is 11.7. The minimum Gasteiger partial charge on any atom is -0.300 e. The molecule has 14 heavy (non-hydrogen) atoms. The first-order valence-corrected chi connectivity index (χ1v) is 5.94. The van der Waals surface area contributed by atoms with Crippen LogP contribution in [-0.4, -0.2) is 5.78 Å². The van der Waals surface area contributed by atoms with E-state index < -0.39 is 0 Å². The highest BCUT2D eigenvalue weighted by molar-refractivity contribution is 5.78. The van der Waals surface area contributed by atoms with Crippen molar-refractivity contribution in [3.63, 3.8) is 0 Å². The lowest BCUT2D eigenvalue weighted by atomic mass is 9.89. The molecule has 1 nitrogen and oxygen atoms in total. The van der Waals surface area contributed by atoms with E-state index in [0.29, 0.717) is 11.7 Å². The molecule has 0 saturated carbocycles. The Balaban J connectivity index is 3.84. The Hall–Kier alpha value is -0.330. The van der Waals surface area contributed by atoms with E-state index in [1.165, 1.54) is 12.8 Å². The standard InChI is InChI=1S/C13H26O/c1-10(2)6-8-13(12(5)14)9-7-11(3)4/h10-11,13H,6-9H2,1-5H3. The van der Waals surface area contributed by atoms with Crippen molar-refractivity contribution in [3.8, 4) is 0 Å². The van der Waals surface area contributed by atoms with Gasteiger partial charge in [0.2, 0.25) is 0 Å². The van der Waals surface area contributed by atoms with Gasteiger partial charge >= 0.3 is 0 Å². The van der Waals surface area contributed by atoms with Crippen molar-refractivity contribution in [2.75, 3.05) is 0 Å². The Labute approximate surface area is 89.3 Å². The average molecular weight is 198 g/mol. The van der Waals surface area contributed by atoms with Crippen LogP contribution in [0.4, 0.5) is 0 Å². The molecule has 0 aliphatic heterocycles. The molecule has 0 aromatic carbocycles. The SMILES string of the molecule is CC(=O)C(CCC(C)C)CCC(C)C. The van der Waals surface area contributed by atoms with E-state index in [0.717, 1.165) is 24.7 Å². The van der Waals surface area contributed by atoms with E-state index >= 15 is 0 Å². The van der Waals surface area contributed by atoms with E-state index in [1.807, 2.05) is 0 Å². The van der Waals surface area contributed by atoms with E-state index in [2.05, 4.69) is 27.7 Å². The first-order valence-electron chi connectivity index (χ1n) is 5.94. The fourth-order valence-corrected chi connectivity index (χ4v) is 1.62. The minimum atomic E-state index is 0.319. The highest BCUT2D eigenvalue weighted by Crippen LogP contribution is 2.20. The largest absolute Gasteiger partial charge is 0.300 e. The molecular weight excluding hydrogens is 172 g/mol. The van der Waals surface area contributed by atoms with Gasteiger partial charge in [0.05, 0.1) is 0 Å². The zero-order chi connectivity index (χ0) is 11.1. The van der Waals surface area contributed by atoms with E-state index in [1.54, 1.807) is 6.92 Å². The van der Waals surface area contributed by atoms with Crippen LogP contribution in [0.25, 0.3) is 0 Å². The first-order chi connectivity index (χ1) is 6.43. The lowest BCUT2D eigenvalue weighted by Crippen LogP contribution is -2.12. The summed E-state index contributed by atoms with van der Waals surface area (Å²) >= 11 is 0. The molecule has 0 fully saturated rings. The second kappa shape index (κ2) is 7.03. The van der Waals surface area contributed by atoms with Crippen molar-refractivity contribution in [2.24, 2.45) is 17.8 Å². The summed E-state index contributed by atoms with van der Waals surface area (Å²) < 4.78 is 0. The Morgan fingerprint density at radius 1 is 0.857 bits per heavy atom. The highest BCUT2D eigenvalue weighted by Gasteiger charge is 2.14. The molecule has 84 valence electrons. The van der Waals surface area contributed by atoms with Crippen molar-refractivity contribution in [1.29, 1.82) is 0 Å². The quantitative estimate of drug-likeness (QED) is 0.603. The molecule has 0 N–H and O–H groups in total. The number of carbonyl (C=O) groups is 1. The molecule has 0 aromatic heterocycles. The predicted molar refractivity (Wildman–Crippen MR) is 62.3 cm³/mol. The second-order valence-corrected chi connectivity index (χ2v) is 5.25. The summed E-state index contributed by atoms with van der Waals surface area (Å²) in [5.41, 5.74) is 0. The predicted octanol–water partition coefficient (Wildman–Crippen LogP) is 4.06. The fourth-order valence-electron chi connectivity index (χ4n) is 1.62. The van der Waals surface area contributed by atoms with Gasteiger partial charge in [0.1, 0.15) is 5.78 Å². The molecule has 0 rings (SSSR count). The van der Waals surface area contributed by atoms with Gasteiger partial charge in [-0.3, -0.25) is 4.79 Å². The van der Waals surface area contributed by atoms with Crippen LogP contribution in [0.2, 0.25) is 0 Å². The Bertz CT molecular complexity index is 147. The molecule has 0 spiro atoms. The Morgan fingerprint density at radius 3 is 1.43 bits per heavy atom. The van der Waals surface area contributed by atoms with Gasteiger partial charge < -0.3 is 0 Å². The molecule has 0 amide bonds. The van der Waals surface area contributed by atoms with Gasteiger partial charge in [-0.25, -0.2) is 0 Å². The molecule has 0 saturated heterocycles. The summed E-state index contributed by atoms with van der Waals surface area (Å²) in [5, 5.41) is 0. The molecule has 0 bridgehead atoms. The summed E-state index contributed by atoms with van der Waals surface area (Å²) in [6.07, 6.45) is 4.53. The maximum Gasteiger partial charge on any atom is 0.132 e. The summed E-state index contributed by atoms with van der Waals surface area (Å²) in [6.45, 7) is 10.6. The number of carbonyl (C=O) groups excluding carboxylic acids is 1. The van der Waals surface area contributed by atoms with Crippen LogP contribution in [0.15, 0.2) is 0 Å². The van der Waals surface area contributed by atoms with Crippen molar-refractivity contribution in [1.82, 2.24) is 0 Å². The maximum atomic E-state index is 11.4. The smallest absolute Gasteiger partial charge is 0.132 e. The molecule has 0 atom stereocenters. The van der Waals surface area contributed by atoms with Crippen LogP contribution < -0.4 is 0 Å². The maximum absolute atomic E-state index is 11.4. The zero-order valence-electron chi connectivity index (χ0n) is 10.5. The van der Waals surface area contributed by atoms with Gasteiger partial charge in [0, 0.05) is 5.92 Å². The summed E-state index contributed by atoms with van der Waals surface area (Å²) in [5.74, 6) is 2.14. The third-order valence-electron chi connectivity index (χ3n) is 2.76. The molecular formula is C13H26O. The summed E-state index contributed by atoms with van der Waals surface area (Å²) in [7, 11) is 0. The lowest BCUT2D eigenvalue weighted by molar-refractivity contribution is -0.121. The third-order valence-corrected chi connectivity index (χ3v) is 2.76. The van der Waals surface area contributed by atoms with Crippen LogP contribution in [0, 0.1) is 17.8 Å². The van der Waals surface area contributed by atoms with Gasteiger partial charge in [-0.2, -0.15) is 0 Å². The molecule has 0 heterocycles. The number of ketones is 1. The summed E-state index contributed by atoms with van der Waals surface area (Å²) in [4.78, 5) is 11.4. The van der Waals surface area contributed by atoms with Crippen molar-refractivity contribution in [3.05, 3.63) is 0 Å². The molecule has 0 radical (unpaired) electrons. The van der Waals surface area contributed by atoms with Gasteiger partial charge in [-0.05, 0) is 31.6 Å². The van der Waals surface area contributed by atoms with Crippen molar-refractivity contribution in [2.45, 2.75) is 60.3 Å². The van der Waals surface area contributed by atoms with Gasteiger partial charge in [-0.1, -0.05) is 40.5 Å². The number of hydrogen-bond donors (Lipinski definition) is 0. The summed E-state index contributed by atoms with van der Waals surface area (Å²) in [6, 6.07) is 0. The number of hydrogen-bond acceptors (Lipinski definition) is 1. The molecule has 1 heteroatoms. The zero-order valence-corrected chi connectivity index (χ0v) is 10.5. The van der Waals surface area contributed by atoms with Gasteiger partial charge in [0.25, 0.3) is 0 Å². The van der Waals surface area contributed by atoms with E-state index in [9.17, 15) is 4.79 Å². The lowest BCUT2D eigenvalue weighted by Gasteiger charge is -2.16. The van der Waals surface area contributed by atoms with Crippen molar-refractivity contribution < 1.29 is 4.79 Å². The van der Waals surface area contributed by atoms with Crippen LogP contribution in [0.5, 0.6) is 0 Å². The monoisotopic (exact) mass is 198 g/mol. The van der Waals surface area contributed by atoms with Gasteiger partial charge in [0.15, 0.2) is 0 Å². The van der Waals surface area contributed by atoms with Gasteiger partial charge in [-0.15, -0.1) is 0 Å². The molecule has 0 aromatic rings. The minimum absolute atomic E-state index is 0.319. The first kappa shape index (κ1) is 13.7. The highest BCUT2D eigenvalue weighted by atomic mass is 16.1. The fraction of sp³-hybridized carbons (Fsp3) is 0.923. The van der Waals surface area contributed by atoms with E-state index in [4.69, 9.17) is 0 Å². The second-order valence-electron chi connectivity index (χ2n) is 5.25. The van der Waals surface area contributed by atoms with Crippen LogP contribution >= 0.6 is 0 Å². The number of rotatable bonds is 7. The van der Waals surface area contributed by atoms with Crippen molar-refractivity contribution >= 4 is 5.78 Å². The molecule has 0 unspecified atom stereocenters. The molecule has 0 aliphatic rings. The van der Waals surface area contributed by atoms with Crippen LogP contribution in [-0.2, 0) is 4.79 Å².